The van der Waals surface area contributed by atoms with Gasteiger partial charge in [0, 0.05) is 19.2 Å². The summed E-state index contributed by atoms with van der Waals surface area (Å²) in [5.41, 5.74) is 2.61. The Morgan fingerprint density at radius 2 is 2.39 bits per heavy atom. The fourth-order valence-corrected chi connectivity index (χ4v) is 2.80. The summed E-state index contributed by atoms with van der Waals surface area (Å²) < 4.78 is 0. The van der Waals surface area contributed by atoms with Gasteiger partial charge in [0.1, 0.15) is 11.6 Å². The van der Waals surface area contributed by atoms with Crippen LogP contribution in [0.25, 0.3) is 0 Å². The van der Waals surface area contributed by atoms with Crippen molar-refractivity contribution >= 4 is 23.4 Å². The molecule has 1 unspecified atom stereocenters. The molecule has 2 heterocycles. The summed E-state index contributed by atoms with van der Waals surface area (Å²) in [7, 11) is 0. The molecule has 0 aromatic carbocycles. The summed E-state index contributed by atoms with van der Waals surface area (Å²) in [6.07, 6.45) is 5.80. The first-order valence-corrected chi connectivity index (χ1v) is 7.64. The molecule has 100 valence electrons. The van der Waals surface area contributed by atoms with Gasteiger partial charge in [0.05, 0.1) is 0 Å². The van der Waals surface area contributed by atoms with Gasteiger partial charge in [-0.1, -0.05) is 25.1 Å². The van der Waals surface area contributed by atoms with Gasteiger partial charge in [-0.05, 0) is 25.0 Å². The number of nitrogens with two attached hydrogens (primary N) is 1. The lowest BCUT2D eigenvalue weighted by Crippen LogP contribution is -2.22. The Morgan fingerprint density at radius 3 is 3.06 bits per heavy atom. The van der Waals surface area contributed by atoms with Crippen LogP contribution in [-0.2, 0) is 0 Å². The van der Waals surface area contributed by atoms with E-state index in [1.807, 2.05) is 12.3 Å². The van der Waals surface area contributed by atoms with E-state index in [0.29, 0.717) is 5.82 Å². The zero-order valence-corrected chi connectivity index (χ0v) is 11.8. The van der Waals surface area contributed by atoms with E-state index >= 15 is 0 Å². The summed E-state index contributed by atoms with van der Waals surface area (Å²) in [6, 6.07) is 1.92. The lowest BCUT2D eigenvalue weighted by molar-refractivity contribution is 0.529. The standard InChI is InChI=1S/C12H21N5S/c1-3-4-9-5-6-17(8-9)11-7-10(16-13)14-12(15-11)18-2/h7,9H,3-6,8,13H2,1-2H3,(H,14,15,16). The molecule has 1 aliphatic heterocycles. The number of nitrogen functional groups attached to an aromatic ring is 1. The smallest absolute Gasteiger partial charge is 0.191 e. The van der Waals surface area contributed by atoms with E-state index in [4.69, 9.17) is 5.84 Å². The van der Waals surface area contributed by atoms with Crippen LogP contribution >= 0.6 is 11.8 Å². The summed E-state index contributed by atoms with van der Waals surface area (Å²) in [6.45, 7) is 4.43. The van der Waals surface area contributed by atoms with Gasteiger partial charge < -0.3 is 10.3 Å². The molecule has 3 N–H and O–H groups in total. The Bertz CT molecular complexity index is 376. The first kappa shape index (κ1) is 13.4. The van der Waals surface area contributed by atoms with Crippen LogP contribution in [0.4, 0.5) is 11.6 Å². The zero-order chi connectivity index (χ0) is 13.0. The van der Waals surface area contributed by atoms with Crippen LogP contribution in [0.2, 0.25) is 0 Å². The second-order valence-corrected chi connectivity index (χ2v) is 5.41. The molecule has 1 aromatic rings. The minimum Gasteiger partial charge on any atom is -0.356 e. The molecule has 0 aliphatic carbocycles. The van der Waals surface area contributed by atoms with Gasteiger partial charge in [0.2, 0.25) is 0 Å². The Morgan fingerprint density at radius 1 is 1.56 bits per heavy atom. The Balaban J connectivity index is 2.13. The minimum atomic E-state index is 0.684. The predicted octanol–water partition coefficient (Wildman–Crippen LogP) is 2.11. The normalized spacial score (nSPS) is 19.3. The van der Waals surface area contributed by atoms with Crippen molar-refractivity contribution in [2.45, 2.75) is 31.3 Å². The number of hydrogen-bond donors (Lipinski definition) is 2. The average molecular weight is 267 g/mol. The van der Waals surface area contributed by atoms with Gasteiger partial charge in [-0.2, -0.15) is 0 Å². The van der Waals surface area contributed by atoms with Crippen LogP contribution in [0.5, 0.6) is 0 Å². The van der Waals surface area contributed by atoms with E-state index in [-0.39, 0.29) is 0 Å². The number of aromatic nitrogens is 2. The summed E-state index contributed by atoms with van der Waals surface area (Å²) in [5, 5.41) is 0.763. The van der Waals surface area contributed by atoms with Crippen molar-refractivity contribution in [3.8, 4) is 0 Å². The van der Waals surface area contributed by atoms with Crippen molar-refractivity contribution < 1.29 is 0 Å². The van der Waals surface area contributed by atoms with Crippen LogP contribution in [0.1, 0.15) is 26.2 Å². The van der Waals surface area contributed by atoms with Crippen molar-refractivity contribution in [2.75, 3.05) is 29.7 Å². The third-order valence-corrected chi connectivity index (χ3v) is 3.88. The molecule has 0 radical (unpaired) electrons. The number of anilines is 2. The second-order valence-electron chi connectivity index (χ2n) is 4.63. The molecule has 5 nitrogen and oxygen atoms in total. The van der Waals surface area contributed by atoms with Gasteiger partial charge in [-0.3, -0.25) is 0 Å². The van der Waals surface area contributed by atoms with Crippen LogP contribution in [0.15, 0.2) is 11.2 Å². The molecule has 1 atom stereocenters. The summed E-state index contributed by atoms with van der Waals surface area (Å²) in [5.74, 6) is 7.92. The summed E-state index contributed by atoms with van der Waals surface area (Å²) >= 11 is 1.54. The minimum absolute atomic E-state index is 0.684. The molecule has 1 fully saturated rings. The van der Waals surface area contributed by atoms with E-state index in [0.717, 1.165) is 30.0 Å². The van der Waals surface area contributed by atoms with Gasteiger partial charge >= 0.3 is 0 Å². The van der Waals surface area contributed by atoms with Crippen LogP contribution in [0, 0.1) is 5.92 Å². The zero-order valence-electron chi connectivity index (χ0n) is 11.0. The molecule has 0 amide bonds. The second kappa shape index (κ2) is 6.24. The maximum Gasteiger partial charge on any atom is 0.191 e. The highest BCUT2D eigenvalue weighted by molar-refractivity contribution is 7.98. The molecule has 1 aliphatic rings. The third kappa shape index (κ3) is 3.05. The lowest BCUT2D eigenvalue weighted by Gasteiger charge is -2.18. The van der Waals surface area contributed by atoms with Gasteiger partial charge in [-0.25, -0.2) is 15.8 Å². The molecule has 18 heavy (non-hydrogen) atoms. The van der Waals surface area contributed by atoms with Gasteiger partial charge in [-0.15, -0.1) is 0 Å². The number of thioether (sulfide) groups is 1. The third-order valence-electron chi connectivity index (χ3n) is 3.33. The van der Waals surface area contributed by atoms with Crippen LogP contribution < -0.4 is 16.2 Å². The molecule has 0 spiro atoms. The first-order chi connectivity index (χ1) is 8.76. The van der Waals surface area contributed by atoms with Crippen LogP contribution in [-0.4, -0.2) is 29.3 Å². The monoisotopic (exact) mass is 267 g/mol. The number of hydrazine groups is 1. The van der Waals surface area contributed by atoms with E-state index in [2.05, 4.69) is 27.2 Å². The Hall–Kier alpha value is -1.01. The number of nitrogens with zero attached hydrogens (tertiary/aromatic N) is 3. The van der Waals surface area contributed by atoms with Crippen LogP contribution in [0.3, 0.4) is 0 Å². The average Bonchev–Trinajstić information content (AvgIpc) is 2.87. The van der Waals surface area contributed by atoms with Gasteiger partial charge in [0.25, 0.3) is 0 Å². The predicted molar refractivity (Wildman–Crippen MR) is 76.9 cm³/mol. The van der Waals surface area contributed by atoms with Crippen molar-refractivity contribution in [3.05, 3.63) is 6.07 Å². The van der Waals surface area contributed by atoms with Crippen molar-refractivity contribution in [1.29, 1.82) is 0 Å². The maximum atomic E-state index is 5.45. The molecular weight excluding hydrogens is 246 g/mol. The highest BCUT2D eigenvalue weighted by Crippen LogP contribution is 2.27. The van der Waals surface area contributed by atoms with E-state index in [9.17, 15) is 0 Å². The Labute approximate surface area is 113 Å². The van der Waals surface area contributed by atoms with Gasteiger partial charge in [0.15, 0.2) is 5.16 Å². The highest BCUT2D eigenvalue weighted by Gasteiger charge is 2.23. The first-order valence-electron chi connectivity index (χ1n) is 6.41. The lowest BCUT2D eigenvalue weighted by atomic mass is 10.0. The topological polar surface area (TPSA) is 67.1 Å². The maximum absolute atomic E-state index is 5.45. The number of nitrogens with one attached hydrogen (secondary N) is 1. The quantitative estimate of drug-likeness (QED) is 0.369. The number of rotatable bonds is 5. The van der Waals surface area contributed by atoms with Crippen molar-refractivity contribution in [1.82, 2.24) is 9.97 Å². The number of hydrogen-bond acceptors (Lipinski definition) is 6. The fraction of sp³-hybridized carbons (Fsp3) is 0.667. The van der Waals surface area contributed by atoms with E-state index < -0.39 is 0 Å². The summed E-state index contributed by atoms with van der Waals surface area (Å²) in [4.78, 5) is 11.2. The molecule has 6 heteroatoms. The molecule has 0 bridgehead atoms. The molecule has 1 saturated heterocycles. The largest absolute Gasteiger partial charge is 0.356 e. The molecule has 0 saturated carbocycles. The van der Waals surface area contributed by atoms with E-state index in [1.54, 1.807) is 0 Å². The molecular formula is C12H21N5S. The van der Waals surface area contributed by atoms with E-state index in [1.165, 1.54) is 31.0 Å². The van der Waals surface area contributed by atoms with Crippen molar-refractivity contribution in [2.24, 2.45) is 11.8 Å². The van der Waals surface area contributed by atoms with Crippen molar-refractivity contribution in [3.63, 3.8) is 0 Å². The fourth-order valence-electron chi connectivity index (χ4n) is 2.42. The molecule has 1 aromatic heterocycles. The SMILES string of the molecule is CCCC1CCN(c2cc(NN)nc(SC)n2)C1. The Kier molecular flexibility index (Phi) is 4.66. The molecule has 2 rings (SSSR count). The highest BCUT2D eigenvalue weighted by atomic mass is 32.2.